The molecule has 2 N–H and O–H groups in total. The van der Waals surface area contributed by atoms with Crippen molar-refractivity contribution in [1.82, 2.24) is 4.90 Å². The molecule has 0 spiro atoms. The van der Waals surface area contributed by atoms with Crippen molar-refractivity contribution >= 4 is 0 Å². The van der Waals surface area contributed by atoms with Crippen LogP contribution in [-0.2, 0) is 0 Å². The van der Waals surface area contributed by atoms with Crippen LogP contribution in [0.25, 0.3) is 0 Å². The van der Waals surface area contributed by atoms with E-state index in [-0.39, 0.29) is 6.10 Å². The fraction of sp³-hybridized carbons (Fsp3) is 0.529. The Morgan fingerprint density at radius 2 is 1.73 bits per heavy atom. The second-order valence-corrected chi connectivity index (χ2v) is 5.69. The monoisotopic (exact) mass is 307 g/mol. The van der Waals surface area contributed by atoms with Crippen LogP contribution in [0, 0.1) is 5.92 Å². The molecule has 0 amide bonds. The number of hydrogen-bond donors (Lipinski definition) is 2. The van der Waals surface area contributed by atoms with Crippen LogP contribution in [0.3, 0.4) is 0 Å². The van der Waals surface area contributed by atoms with E-state index in [2.05, 4.69) is 4.90 Å². The number of aliphatic hydroxyl groups excluding tert-OH is 2. The minimum Gasteiger partial charge on any atom is -0.510 e. The quantitative estimate of drug-likeness (QED) is 0.879. The summed E-state index contributed by atoms with van der Waals surface area (Å²) in [7, 11) is 5.25. The number of para-hydroxylation sites is 2. The number of allylic oxidation sites excluding steroid dienone is 1. The van der Waals surface area contributed by atoms with E-state index in [0.29, 0.717) is 18.1 Å². The third-order valence-electron chi connectivity index (χ3n) is 4.18. The van der Waals surface area contributed by atoms with Crippen LogP contribution in [0.15, 0.2) is 35.7 Å². The average molecular weight is 307 g/mol. The fourth-order valence-electron chi connectivity index (χ4n) is 3.13. The number of hydrogen-bond acceptors (Lipinski definition) is 5. The minimum absolute atomic E-state index is 0.328. The first-order valence-corrected chi connectivity index (χ1v) is 7.55. The molecule has 2 aliphatic rings. The van der Waals surface area contributed by atoms with E-state index in [1.165, 1.54) is 0 Å². The van der Waals surface area contributed by atoms with Gasteiger partial charge in [0, 0.05) is 25.9 Å². The predicted molar refractivity (Wildman–Crippen MR) is 85.2 cm³/mol. The summed E-state index contributed by atoms with van der Waals surface area (Å²) in [4.78, 5) is 2.10. The molecule has 1 heterocycles. The molecule has 2 atom stereocenters. The second kappa shape index (κ2) is 7.40. The lowest BCUT2D eigenvalue weighted by molar-refractivity contribution is 0.117. The van der Waals surface area contributed by atoms with Crippen LogP contribution < -0.4 is 9.47 Å². The molecule has 0 saturated carbocycles. The first kappa shape index (κ1) is 16.5. The summed E-state index contributed by atoms with van der Waals surface area (Å²) in [6.45, 7) is 1.01. The highest BCUT2D eigenvalue weighted by atomic mass is 16.5. The van der Waals surface area contributed by atoms with Crippen LogP contribution in [0.4, 0.5) is 0 Å². The van der Waals surface area contributed by atoms with Gasteiger partial charge in [-0.2, -0.15) is 0 Å². The Morgan fingerprint density at radius 3 is 2.27 bits per heavy atom. The molecule has 0 aromatic heterocycles. The Labute approximate surface area is 131 Å². The molecule has 1 aliphatic carbocycles. The van der Waals surface area contributed by atoms with Gasteiger partial charge in [-0.3, -0.25) is 0 Å². The molecule has 0 radical (unpaired) electrons. The van der Waals surface area contributed by atoms with Crippen molar-refractivity contribution in [2.24, 2.45) is 5.92 Å². The number of nitrogens with zero attached hydrogens (tertiary/aromatic N) is 1. The summed E-state index contributed by atoms with van der Waals surface area (Å²) in [5.41, 5.74) is 1.07. The third kappa shape index (κ3) is 3.65. The molecule has 1 aromatic rings. The van der Waals surface area contributed by atoms with E-state index < -0.39 is 0 Å². The molecule has 0 bridgehead atoms. The minimum atomic E-state index is -0.328. The maximum atomic E-state index is 9.60. The van der Waals surface area contributed by atoms with Gasteiger partial charge in [0.05, 0.1) is 26.0 Å². The topological polar surface area (TPSA) is 62.2 Å². The van der Waals surface area contributed by atoms with Gasteiger partial charge in [0.25, 0.3) is 0 Å². The molecule has 1 fully saturated rings. The molecule has 1 aliphatic heterocycles. The SMILES string of the molecule is CN1CCC2CC(O)CC(O)=C21.COc1ccccc1OC. The average Bonchev–Trinajstić information content (AvgIpc) is 2.89. The van der Waals surface area contributed by atoms with Crippen LogP contribution in [-0.4, -0.2) is 49.0 Å². The second-order valence-electron chi connectivity index (χ2n) is 5.69. The number of fused-ring (bicyclic) bond motifs is 1. The van der Waals surface area contributed by atoms with Gasteiger partial charge in [0.1, 0.15) is 5.76 Å². The van der Waals surface area contributed by atoms with Crippen molar-refractivity contribution in [2.45, 2.75) is 25.4 Å². The van der Waals surface area contributed by atoms with E-state index in [4.69, 9.17) is 9.47 Å². The summed E-state index contributed by atoms with van der Waals surface area (Å²) in [6, 6.07) is 7.53. The van der Waals surface area contributed by atoms with Gasteiger partial charge in [-0.15, -0.1) is 0 Å². The van der Waals surface area contributed by atoms with Crippen molar-refractivity contribution in [3.63, 3.8) is 0 Å². The Hall–Kier alpha value is -1.88. The molecule has 5 heteroatoms. The zero-order valence-corrected chi connectivity index (χ0v) is 13.5. The maximum Gasteiger partial charge on any atom is 0.160 e. The van der Waals surface area contributed by atoms with Crippen molar-refractivity contribution in [1.29, 1.82) is 0 Å². The summed E-state index contributed by atoms with van der Waals surface area (Å²) >= 11 is 0. The van der Waals surface area contributed by atoms with E-state index in [9.17, 15) is 10.2 Å². The summed E-state index contributed by atoms with van der Waals surface area (Å²) in [6.07, 6.45) is 2.01. The molecular formula is C17H25NO4. The number of likely N-dealkylation sites (tertiary alicyclic amines) is 1. The highest BCUT2D eigenvalue weighted by Crippen LogP contribution is 2.37. The number of benzene rings is 1. The Balaban J connectivity index is 0.000000164. The van der Waals surface area contributed by atoms with Crippen molar-refractivity contribution in [2.75, 3.05) is 27.8 Å². The van der Waals surface area contributed by atoms with Gasteiger partial charge in [0.2, 0.25) is 0 Å². The molecular weight excluding hydrogens is 282 g/mol. The first-order valence-electron chi connectivity index (χ1n) is 7.55. The maximum absolute atomic E-state index is 9.60. The predicted octanol–water partition coefficient (Wildman–Crippen LogP) is 2.57. The molecule has 22 heavy (non-hydrogen) atoms. The largest absolute Gasteiger partial charge is 0.510 e. The number of rotatable bonds is 2. The summed E-state index contributed by atoms with van der Waals surface area (Å²) in [5.74, 6) is 2.34. The van der Waals surface area contributed by atoms with Crippen molar-refractivity contribution in [3.8, 4) is 11.5 Å². The van der Waals surface area contributed by atoms with E-state index in [1.54, 1.807) is 14.2 Å². The van der Waals surface area contributed by atoms with Gasteiger partial charge >= 0.3 is 0 Å². The highest BCUT2D eigenvalue weighted by molar-refractivity contribution is 5.39. The zero-order valence-electron chi connectivity index (χ0n) is 13.5. The lowest BCUT2D eigenvalue weighted by Crippen LogP contribution is -2.24. The van der Waals surface area contributed by atoms with Gasteiger partial charge in [-0.1, -0.05) is 12.1 Å². The fourth-order valence-corrected chi connectivity index (χ4v) is 3.13. The van der Waals surface area contributed by atoms with E-state index in [1.807, 2.05) is 31.3 Å². The molecule has 2 unspecified atom stereocenters. The molecule has 1 aromatic carbocycles. The molecule has 5 nitrogen and oxygen atoms in total. The standard InChI is InChI=1S/C9H15NO2.C8H10O2/c1-10-3-2-6-4-7(11)5-8(12)9(6)10;1-9-7-5-3-4-6-8(7)10-2/h6-7,11-12H,2-5H2,1H3;3-6H,1-2H3. The first-order chi connectivity index (χ1) is 10.6. The van der Waals surface area contributed by atoms with Crippen LogP contribution in [0.1, 0.15) is 19.3 Å². The van der Waals surface area contributed by atoms with Crippen LogP contribution >= 0.6 is 0 Å². The Bertz CT molecular complexity index is 506. The summed E-state index contributed by atoms with van der Waals surface area (Å²) in [5, 5.41) is 19.0. The van der Waals surface area contributed by atoms with E-state index in [0.717, 1.165) is 36.6 Å². The molecule has 122 valence electrons. The van der Waals surface area contributed by atoms with Gasteiger partial charge in [-0.25, -0.2) is 0 Å². The third-order valence-corrected chi connectivity index (χ3v) is 4.18. The van der Waals surface area contributed by atoms with Crippen molar-refractivity contribution in [3.05, 3.63) is 35.7 Å². The highest BCUT2D eigenvalue weighted by Gasteiger charge is 2.34. The lowest BCUT2D eigenvalue weighted by atomic mass is 9.89. The Kier molecular flexibility index (Phi) is 5.55. The van der Waals surface area contributed by atoms with Gasteiger partial charge in [0.15, 0.2) is 11.5 Å². The Morgan fingerprint density at radius 1 is 1.14 bits per heavy atom. The lowest BCUT2D eigenvalue weighted by Gasteiger charge is -2.26. The molecule has 1 saturated heterocycles. The van der Waals surface area contributed by atoms with Gasteiger partial charge in [-0.05, 0) is 25.0 Å². The van der Waals surface area contributed by atoms with Gasteiger partial charge < -0.3 is 24.6 Å². The van der Waals surface area contributed by atoms with Crippen LogP contribution in [0.2, 0.25) is 0 Å². The zero-order chi connectivity index (χ0) is 16.1. The smallest absolute Gasteiger partial charge is 0.160 e. The van der Waals surface area contributed by atoms with Crippen LogP contribution in [0.5, 0.6) is 11.5 Å². The number of methoxy groups -OCH3 is 2. The van der Waals surface area contributed by atoms with E-state index >= 15 is 0 Å². The van der Waals surface area contributed by atoms with Crippen molar-refractivity contribution < 1.29 is 19.7 Å². The normalized spacial score (nSPS) is 23.5. The molecule has 3 rings (SSSR count). The number of ether oxygens (including phenoxy) is 2. The summed E-state index contributed by atoms with van der Waals surface area (Å²) < 4.78 is 10.0. The number of aliphatic hydroxyl groups is 2.